The van der Waals surface area contributed by atoms with Crippen molar-refractivity contribution in [3.63, 3.8) is 0 Å². The molecule has 0 bridgehead atoms. The summed E-state index contributed by atoms with van der Waals surface area (Å²) in [5.74, 6) is -0.0888. The molecule has 3 rings (SSSR count). The first-order valence-electron chi connectivity index (χ1n) is 7.41. The summed E-state index contributed by atoms with van der Waals surface area (Å²) in [5, 5.41) is 3.29. The van der Waals surface area contributed by atoms with Gasteiger partial charge in [0.1, 0.15) is 12.1 Å². The van der Waals surface area contributed by atoms with E-state index in [0.29, 0.717) is 0 Å². The van der Waals surface area contributed by atoms with Gasteiger partial charge in [-0.2, -0.15) is 0 Å². The first kappa shape index (κ1) is 13.6. The average Bonchev–Trinajstić information content (AvgIpc) is 2.49. The Morgan fingerprint density at radius 1 is 1.25 bits per heavy atom. The van der Waals surface area contributed by atoms with Gasteiger partial charge < -0.3 is 15.0 Å². The zero-order valence-electron chi connectivity index (χ0n) is 12.0. The molecule has 1 aromatic rings. The second-order valence-corrected chi connectivity index (χ2v) is 5.85. The number of likely N-dealkylation sites (tertiary alicyclic amines) is 1. The molecule has 20 heavy (non-hydrogen) atoms. The van der Waals surface area contributed by atoms with Crippen LogP contribution in [0.2, 0.25) is 0 Å². The Morgan fingerprint density at radius 3 is 2.70 bits per heavy atom. The summed E-state index contributed by atoms with van der Waals surface area (Å²) in [6.07, 6.45) is 2.73. The smallest absolute Gasteiger partial charge is 0.323 e. The molecule has 0 radical (unpaired) electrons. The van der Waals surface area contributed by atoms with Crippen LogP contribution in [-0.2, 0) is 22.5 Å². The van der Waals surface area contributed by atoms with Gasteiger partial charge in [0.15, 0.2) is 0 Å². The summed E-state index contributed by atoms with van der Waals surface area (Å²) in [7, 11) is 2.11. The number of hydrogen-bond acceptors (Lipinski definition) is 4. The van der Waals surface area contributed by atoms with Crippen molar-refractivity contribution in [1.29, 1.82) is 0 Å². The molecule has 2 heterocycles. The van der Waals surface area contributed by atoms with Crippen molar-refractivity contribution in [1.82, 2.24) is 10.2 Å². The highest BCUT2D eigenvalue weighted by atomic mass is 16.5. The molecule has 4 nitrogen and oxygen atoms in total. The van der Waals surface area contributed by atoms with E-state index in [1.54, 1.807) is 0 Å². The number of ether oxygens (including phenoxy) is 1. The minimum Gasteiger partial charge on any atom is -0.461 e. The molecule has 0 saturated carbocycles. The number of benzene rings is 1. The number of rotatable bonds is 2. The van der Waals surface area contributed by atoms with Crippen molar-refractivity contribution >= 4 is 5.97 Å². The number of nitrogens with zero attached hydrogens (tertiary/aromatic N) is 1. The van der Waals surface area contributed by atoms with Gasteiger partial charge in [-0.15, -0.1) is 0 Å². The Labute approximate surface area is 120 Å². The summed E-state index contributed by atoms with van der Waals surface area (Å²) >= 11 is 0. The molecule has 1 unspecified atom stereocenters. The molecule has 1 aromatic carbocycles. The van der Waals surface area contributed by atoms with Crippen LogP contribution in [0.25, 0.3) is 0 Å². The van der Waals surface area contributed by atoms with Gasteiger partial charge in [-0.1, -0.05) is 24.3 Å². The van der Waals surface area contributed by atoms with Crippen molar-refractivity contribution in [3.8, 4) is 0 Å². The van der Waals surface area contributed by atoms with Crippen LogP contribution in [-0.4, -0.2) is 43.2 Å². The molecule has 2 aliphatic rings. The zero-order valence-corrected chi connectivity index (χ0v) is 12.0. The van der Waals surface area contributed by atoms with E-state index in [-0.39, 0.29) is 18.1 Å². The molecule has 108 valence electrons. The minimum absolute atomic E-state index is 0.0888. The Bertz CT molecular complexity index is 481. The maximum absolute atomic E-state index is 12.3. The molecule has 0 aliphatic carbocycles. The summed E-state index contributed by atoms with van der Waals surface area (Å²) in [6.45, 7) is 2.78. The number of esters is 1. The lowest BCUT2D eigenvalue weighted by Gasteiger charge is -2.31. The summed E-state index contributed by atoms with van der Waals surface area (Å²) in [6, 6.07) is 8.10. The number of carbonyl (C=O) groups is 1. The number of carbonyl (C=O) groups excluding carboxylic acids is 1. The fourth-order valence-electron chi connectivity index (χ4n) is 2.97. The van der Waals surface area contributed by atoms with Crippen LogP contribution in [0.15, 0.2) is 24.3 Å². The van der Waals surface area contributed by atoms with Gasteiger partial charge >= 0.3 is 5.97 Å². The zero-order chi connectivity index (χ0) is 13.9. The second kappa shape index (κ2) is 5.94. The van der Waals surface area contributed by atoms with Crippen molar-refractivity contribution in [3.05, 3.63) is 35.4 Å². The lowest BCUT2D eigenvalue weighted by molar-refractivity contribution is -0.153. The van der Waals surface area contributed by atoms with E-state index in [1.807, 2.05) is 12.1 Å². The van der Waals surface area contributed by atoms with E-state index >= 15 is 0 Å². The summed E-state index contributed by atoms with van der Waals surface area (Å²) in [5.41, 5.74) is 2.55. The molecule has 0 aromatic heterocycles. The third-order valence-electron chi connectivity index (χ3n) is 4.31. The molecule has 2 aliphatic heterocycles. The molecule has 1 fully saturated rings. The highest BCUT2D eigenvalue weighted by Crippen LogP contribution is 2.19. The van der Waals surface area contributed by atoms with Gasteiger partial charge in [-0.05, 0) is 37.4 Å². The SMILES string of the molecule is CN1CCC(OC(=O)C2Cc3ccccc3CN2)CC1. The van der Waals surface area contributed by atoms with E-state index in [0.717, 1.165) is 38.9 Å². The predicted molar refractivity (Wildman–Crippen MR) is 77.4 cm³/mol. The first-order valence-corrected chi connectivity index (χ1v) is 7.41. The standard InChI is InChI=1S/C16H22N2O2/c1-18-8-6-14(7-9-18)20-16(19)15-10-12-4-2-3-5-13(12)11-17-15/h2-5,14-15,17H,6-11H2,1H3. The lowest BCUT2D eigenvalue weighted by atomic mass is 9.96. The second-order valence-electron chi connectivity index (χ2n) is 5.85. The topological polar surface area (TPSA) is 41.6 Å². The maximum Gasteiger partial charge on any atom is 0.323 e. The molecule has 1 atom stereocenters. The van der Waals surface area contributed by atoms with Gasteiger partial charge in [0.25, 0.3) is 0 Å². The number of fused-ring (bicyclic) bond motifs is 1. The van der Waals surface area contributed by atoms with Gasteiger partial charge in [0.05, 0.1) is 0 Å². The number of nitrogens with one attached hydrogen (secondary N) is 1. The third-order valence-corrected chi connectivity index (χ3v) is 4.31. The highest BCUT2D eigenvalue weighted by Gasteiger charge is 2.28. The normalized spacial score (nSPS) is 24.1. The van der Waals surface area contributed by atoms with Crippen LogP contribution in [0.5, 0.6) is 0 Å². The first-order chi connectivity index (χ1) is 9.72. The van der Waals surface area contributed by atoms with Gasteiger partial charge in [0, 0.05) is 19.6 Å². The molecular weight excluding hydrogens is 252 g/mol. The molecule has 4 heteroatoms. The summed E-state index contributed by atoms with van der Waals surface area (Å²) in [4.78, 5) is 14.5. The van der Waals surface area contributed by atoms with Crippen LogP contribution in [0.4, 0.5) is 0 Å². The maximum atomic E-state index is 12.3. The van der Waals surface area contributed by atoms with Crippen LogP contribution in [0.1, 0.15) is 24.0 Å². The average molecular weight is 274 g/mol. The van der Waals surface area contributed by atoms with E-state index in [2.05, 4.69) is 29.4 Å². The van der Waals surface area contributed by atoms with Gasteiger partial charge in [-0.3, -0.25) is 4.79 Å². The van der Waals surface area contributed by atoms with Crippen molar-refractivity contribution in [2.75, 3.05) is 20.1 Å². The van der Waals surface area contributed by atoms with Crippen LogP contribution >= 0.6 is 0 Å². The largest absolute Gasteiger partial charge is 0.461 e. The number of hydrogen-bond donors (Lipinski definition) is 1. The molecule has 0 spiro atoms. The predicted octanol–water partition coefficient (Wildman–Crippen LogP) is 1.34. The molecular formula is C16H22N2O2. The monoisotopic (exact) mass is 274 g/mol. The van der Waals surface area contributed by atoms with Crippen LogP contribution in [0.3, 0.4) is 0 Å². The Morgan fingerprint density at radius 2 is 1.95 bits per heavy atom. The third kappa shape index (κ3) is 3.02. The van der Waals surface area contributed by atoms with Crippen LogP contribution in [0, 0.1) is 0 Å². The van der Waals surface area contributed by atoms with Crippen molar-refractivity contribution in [2.45, 2.75) is 38.0 Å². The molecule has 1 saturated heterocycles. The van der Waals surface area contributed by atoms with Crippen molar-refractivity contribution in [2.24, 2.45) is 0 Å². The van der Waals surface area contributed by atoms with E-state index < -0.39 is 0 Å². The van der Waals surface area contributed by atoms with E-state index in [4.69, 9.17) is 4.74 Å². The fraction of sp³-hybridized carbons (Fsp3) is 0.562. The highest BCUT2D eigenvalue weighted by molar-refractivity contribution is 5.77. The van der Waals surface area contributed by atoms with E-state index in [9.17, 15) is 4.79 Å². The Balaban J connectivity index is 1.56. The minimum atomic E-state index is -0.190. The van der Waals surface area contributed by atoms with Gasteiger partial charge in [0.2, 0.25) is 0 Å². The van der Waals surface area contributed by atoms with E-state index in [1.165, 1.54) is 11.1 Å². The fourth-order valence-corrected chi connectivity index (χ4v) is 2.97. The van der Waals surface area contributed by atoms with Gasteiger partial charge in [-0.25, -0.2) is 0 Å². The van der Waals surface area contributed by atoms with Crippen LogP contribution < -0.4 is 5.32 Å². The Hall–Kier alpha value is -1.39. The Kier molecular flexibility index (Phi) is 4.03. The van der Waals surface area contributed by atoms with Crippen molar-refractivity contribution < 1.29 is 9.53 Å². The lowest BCUT2D eigenvalue weighted by Crippen LogP contribution is -2.45. The molecule has 1 N–H and O–H groups in total. The number of piperidine rings is 1. The quantitative estimate of drug-likeness (QED) is 0.826. The summed E-state index contributed by atoms with van der Waals surface area (Å²) < 4.78 is 5.67. The molecule has 0 amide bonds.